The van der Waals surface area contributed by atoms with E-state index >= 15 is 0 Å². The summed E-state index contributed by atoms with van der Waals surface area (Å²) in [5, 5.41) is 5.85. The van der Waals surface area contributed by atoms with Gasteiger partial charge in [-0.2, -0.15) is 0 Å². The molecule has 164 valence electrons. The van der Waals surface area contributed by atoms with E-state index in [2.05, 4.69) is 10.3 Å². The van der Waals surface area contributed by atoms with Gasteiger partial charge in [-0.3, -0.25) is 5.32 Å². The summed E-state index contributed by atoms with van der Waals surface area (Å²) in [5.74, 6) is -0.509. The van der Waals surface area contributed by atoms with Crippen LogP contribution in [0.25, 0.3) is 20.9 Å². The van der Waals surface area contributed by atoms with Crippen molar-refractivity contribution in [2.75, 3.05) is 11.9 Å². The molecule has 0 atom stereocenters. The number of carbonyl (C=O) groups excluding carboxylic acids is 2. The Morgan fingerprint density at radius 3 is 2.78 bits per heavy atom. The highest BCUT2D eigenvalue weighted by molar-refractivity contribution is 7.22. The van der Waals surface area contributed by atoms with Gasteiger partial charge < -0.3 is 13.9 Å². The fourth-order valence-corrected chi connectivity index (χ4v) is 4.77. The maximum absolute atomic E-state index is 12.7. The second kappa shape index (κ2) is 9.33. The highest BCUT2D eigenvalue weighted by Gasteiger charge is 2.19. The molecule has 32 heavy (non-hydrogen) atoms. The third-order valence-electron chi connectivity index (χ3n) is 4.42. The van der Waals surface area contributed by atoms with Crippen LogP contribution < -0.4 is 10.9 Å². The lowest BCUT2D eigenvalue weighted by atomic mass is 10.1. The lowest BCUT2D eigenvalue weighted by molar-refractivity contribution is 0.0478. The molecule has 4 aromatic rings. The smallest absolute Gasteiger partial charge is 0.411 e. The van der Waals surface area contributed by atoms with Gasteiger partial charge in [0.1, 0.15) is 22.1 Å². The maximum atomic E-state index is 12.7. The number of ether oxygens (including phenoxy) is 2. The number of hydrogen-bond donors (Lipinski definition) is 1. The number of rotatable bonds is 6. The molecule has 0 unspecified atom stereocenters. The number of nitrogens with zero attached hydrogens (tertiary/aromatic N) is 1. The van der Waals surface area contributed by atoms with Gasteiger partial charge in [0.05, 0.1) is 17.2 Å². The Bertz CT molecular complexity index is 1340. The van der Waals surface area contributed by atoms with Crippen molar-refractivity contribution >= 4 is 51.4 Å². The van der Waals surface area contributed by atoms with E-state index in [4.69, 9.17) is 13.9 Å². The molecule has 10 heteroatoms. The van der Waals surface area contributed by atoms with Crippen LogP contribution in [0.1, 0.15) is 27.9 Å². The molecule has 0 saturated carbocycles. The minimum Gasteiger partial charge on any atom is -0.457 e. The van der Waals surface area contributed by atoms with Gasteiger partial charge in [0.2, 0.25) is 0 Å². The molecule has 0 fully saturated rings. The highest BCUT2D eigenvalue weighted by Crippen LogP contribution is 2.31. The number of fused-ring (bicyclic) bond motifs is 1. The van der Waals surface area contributed by atoms with Gasteiger partial charge in [0, 0.05) is 28.8 Å². The third-order valence-corrected chi connectivity index (χ3v) is 6.60. The molecule has 0 saturated heterocycles. The normalized spacial score (nSPS) is 10.8. The first-order chi connectivity index (χ1) is 15.4. The van der Waals surface area contributed by atoms with Gasteiger partial charge in [-0.05, 0) is 37.4 Å². The SMILES string of the molecule is CCOC(=O)Nc1ccc2c(COC(=O)c3sc(-c4cccs4)nc3C)cc(=O)oc2c1. The number of carbonyl (C=O) groups is 2. The molecule has 0 aliphatic carbocycles. The molecular weight excluding hydrogens is 452 g/mol. The van der Waals surface area contributed by atoms with Crippen LogP contribution in [0.15, 0.2) is 51.0 Å². The second-order valence-electron chi connectivity index (χ2n) is 6.63. The number of anilines is 1. The number of thiazole rings is 1. The Morgan fingerprint density at radius 1 is 1.19 bits per heavy atom. The first-order valence-corrected chi connectivity index (χ1v) is 11.3. The first-order valence-electron chi connectivity index (χ1n) is 9.63. The molecule has 1 aromatic carbocycles. The number of thiophene rings is 1. The van der Waals surface area contributed by atoms with Crippen molar-refractivity contribution in [3.8, 4) is 9.88 Å². The fourth-order valence-electron chi connectivity index (χ4n) is 3.01. The van der Waals surface area contributed by atoms with Crippen LogP contribution in [0.2, 0.25) is 0 Å². The Kier molecular flexibility index (Phi) is 6.33. The van der Waals surface area contributed by atoms with Crippen molar-refractivity contribution in [2.24, 2.45) is 0 Å². The molecule has 8 nitrogen and oxygen atoms in total. The van der Waals surface area contributed by atoms with Crippen LogP contribution >= 0.6 is 22.7 Å². The number of esters is 1. The summed E-state index contributed by atoms with van der Waals surface area (Å²) in [6.07, 6.45) is -0.610. The third kappa shape index (κ3) is 4.71. The predicted molar refractivity (Wildman–Crippen MR) is 122 cm³/mol. The van der Waals surface area contributed by atoms with Crippen molar-refractivity contribution in [1.29, 1.82) is 0 Å². The van der Waals surface area contributed by atoms with E-state index in [9.17, 15) is 14.4 Å². The van der Waals surface area contributed by atoms with E-state index in [0.717, 1.165) is 9.88 Å². The van der Waals surface area contributed by atoms with Crippen LogP contribution in [0.5, 0.6) is 0 Å². The van der Waals surface area contributed by atoms with Crippen LogP contribution in [0.4, 0.5) is 10.5 Å². The monoisotopic (exact) mass is 470 g/mol. The van der Waals surface area contributed by atoms with Gasteiger partial charge >= 0.3 is 17.7 Å². The molecule has 0 bridgehead atoms. The first kappa shape index (κ1) is 21.7. The highest BCUT2D eigenvalue weighted by atomic mass is 32.1. The minimum atomic E-state index is -0.610. The second-order valence-corrected chi connectivity index (χ2v) is 8.58. The summed E-state index contributed by atoms with van der Waals surface area (Å²) in [6, 6.07) is 9.98. The minimum absolute atomic E-state index is 0.114. The van der Waals surface area contributed by atoms with Gasteiger partial charge in [0.25, 0.3) is 0 Å². The lowest BCUT2D eigenvalue weighted by Gasteiger charge is -2.09. The predicted octanol–water partition coefficient (Wildman–Crippen LogP) is 5.21. The van der Waals surface area contributed by atoms with Crippen LogP contribution in [0, 0.1) is 6.92 Å². The van der Waals surface area contributed by atoms with Gasteiger partial charge in [-0.15, -0.1) is 22.7 Å². The molecule has 1 N–H and O–H groups in total. The molecule has 0 radical (unpaired) electrons. The molecule has 3 aromatic heterocycles. The summed E-state index contributed by atoms with van der Waals surface area (Å²) in [6.45, 7) is 3.58. The van der Waals surface area contributed by atoms with E-state index in [1.54, 1.807) is 37.3 Å². The van der Waals surface area contributed by atoms with E-state index in [0.29, 0.717) is 27.2 Å². The summed E-state index contributed by atoms with van der Waals surface area (Å²) < 4.78 is 15.6. The average molecular weight is 471 g/mol. The fraction of sp³-hybridized carbons (Fsp3) is 0.182. The van der Waals surface area contributed by atoms with E-state index in [1.165, 1.54) is 23.5 Å². The zero-order valence-electron chi connectivity index (χ0n) is 17.2. The maximum Gasteiger partial charge on any atom is 0.411 e. The zero-order chi connectivity index (χ0) is 22.7. The van der Waals surface area contributed by atoms with Crippen LogP contribution in [0.3, 0.4) is 0 Å². The Hall–Kier alpha value is -3.50. The number of amides is 1. The lowest BCUT2D eigenvalue weighted by Crippen LogP contribution is -2.13. The average Bonchev–Trinajstić information content (AvgIpc) is 3.41. The molecule has 0 aliphatic heterocycles. The largest absolute Gasteiger partial charge is 0.457 e. The van der Waals surface area contributed by atoms with Gasteiger partial charge in [-0.1, -0.05) is 6.07 Å². The van der Waals surface area contributed by atoms with Gasteiger partial charge in [0.15, 0.2) is 0 Å². The summed E-state index contributed by atoms with van der Waals surface area (Å²) >= 11 is 2.82. The van der Waals surface area contributed by atoms with E-state index in [1.807, 2.05) is 17.5 Å². The Morgan fingerprint density at radius 2 is 2.03 bits per heavy atom. The zero-order valence-corrected chi connectivity index (χ0v) is 18.8. The number of hydrogen-bond acceptors (Lipinski definition) is 9. The standard InChI is InChI=1S/C22H18N2O6S2/c1-3-28-22(27)24-14-6-7-15-13(9-18(25)30-16(15)10-14)11-29-21(26)19-12(2)23-20(32-19)17-5-4-8-31-17/h4-10H,3,11H2,1-2H3,(H,24,27). The molecule has 0 aliphatic rings. The van der Waals surface area contributed by atoms with Crippen LogP contribution in [-0.2, 0) is 16.1 Å². The number of aromatic nitrogens is 1. The van der Waals surface area contributed by atoms with E-state index in [-0.39, 0.29) is 18.8 Å². The summed E-state index contributed by atoms with van der Waals surface area (Å²) in [7, 11) is 0. The molecule has 0 spiro atoms. The van der Waals surface area contributed by atoms with Gasteiger partial charge in [-0.25, -0.2) is 19.4 Å². The van der Waals surface area contributed by atoms with Crippen molar-refractivity contribution in [3.63, 3.8) is 0 Å². The van der Waals surface area contributed by atoms with Crippen molar-refractivity contribution < 1.29 is 23.5 Å². The van der Waals surface area contributed by atoms with E-state index < -0.39 is 17.7 Å². The molecule has 1 amide bonds. The Balaban J connectivity index is 1.53. The van der Waals surface area contributed by atoms with Crippen molar-refractivity contribution in [3.05, 3.63) is 68.3 Å². The number of benzene rings is 1. The van der Waals surface area contributed by atoms with Crippen LogP contribution in [-0.4, -0.2) is 23.7 Å². The van der Waals surface area contributed by atoms with Crippen molar-refractivity contribution in [2.45, 2.75) is 20.5 Å². The quantitative estimate of drug-likeness (QED) is 0.304. The topological polar surface area (TPSA) is 108 Å². The summed E-state index contributed by atoms with van der Waals surface area (Å²) in [4.78, 5) is 42.2. The Labute approximate surface area is 190 Å². The summed E-state index contributed by atoms with van der Waals surface area (Å²) in [5.41, 5.74) is 1.16. The number of nitrogens with one attached hydrogen (secondary N) is 1. The number of aryl methyl sites for hydroxylation is 1. The van der Waals surface area contributed by atoms with Crippen molar-refractivity contribution in [1.82, 2.24) is 4.98 Å². The molecule has 3 heterocycles. The molecule has 4 rings (SSSR count). The molecular formula is C22H18N2O6S2.